The van der Waals surface area contributed by atoms with Crippen LogP contribution < -0.4 is 0 Å². The number of halogens is 1. The summed E-state index contributed by atoms with van der Waals surface area (Å²) in [5.41, 5.74) is -0.416. The van der Waals surface area contributed by atoms with E-state index in [1.54, 1.807) is 0 Å². The average Bonchev–Trinajstić information content (AvgIpc) is 3.05. The van der Waals surface area contributed by atoms with Crippen molar-refractivity contribution < 1.29 is 9.52 Å². The van der Waals surface area contributed by atoms with Gasteiger partial charge in [-0.05, 0) is 18.4 Å². The number of nitrogens with zero attached hydrogens (tertiary/aromatic N) is 2. The number of aromatic nitrogens is 2. The van der Waals surface area contributed by atoms with Crippen molar-refractivity contribution in [3.05, 3.63) is 47.7 Å². The van der Waals surface area contributed by atoms with Gasteiger partial charge in [-0.2, -0.15) is 0 Å². The SMILES string of the molecule is OC(c1ccccc1)(c1nnc(CCl)o1)C1CCCCC1. The average molecular weight is 307 g/mol. The molecule has 4 nitrogen and oxygen atoms in total. The van der Waals surface area contributed by atoms with Crippen molar-refractivity contribution in [3.8, 4) is 0 Å². The van der Waals surface area contributed by atoms with Crippen molar-refractivity contribution in [3.63, 3.8) is 0 Å². The smallest absolute Gasteiger partial charge is 0.252 e. The molecule has 1 aromatic heterocycles. The predicted molar refractivity (Wildman–Crippen MR) is 79.9 cm³/mol. The molecule has 1 saturated carbocycles. The van der Waals surface area contributed by atoms with E-state index in [1.165, 1.54) is 6.42 Å². The zero-order chi connectivity index (χ0) is 14.7. The van der Waals surface area contributed by atoms with Crippen molar-refractivity contribution in [2.75, 3.05) is 0 Å². The fourth-order valence-electron chi connectivity index (χ4n) is 3.21. The van der Waals surface area contributed by atoms with E-state index >= 15 is 0 Å². The highest BCUT2D eigenvalue weighted by atomic mass is 35.5. The maximum absolute atomic E-state index is 11.4. The van der Waals surface area contributed by atoms with Gasteiger partial charge in [0.1, 0.15) is 5.88 Å². The van der Waals surface area contributed by atoms with Crippen molar-refractivity contribution >= 4 is 11.6 Å². The molecule has 1 aliphatic rings. The van der Waals surface area contributed by atoms with Gasteiger partial charge in [0.15, 0.2) is 5.60 Å². The molecule has 0 radical (unpaired) electrons. The molecule has 0 aliphatic heterocycles. The summed E-state index contributed by atoms with van der Waals surface area (Å²) in [6.45, 7) is 0. The Kier molecular flexibility index (Phi) is 4.27. The molecule has 0 amide bonds. The van der Waals surface area contributed by atoms with Crippen molar-refractivity contribution in [2.45, 2.75) is 43.6 Å². The minimum absolute atomic E-state index is 0.0947. The highest BCUT2D eigenvalue weighted by Crippen LogP contribution is 2.43. The van der Waals surface area contributed by atoms with Crippen LogP contribution in [-0.4, -0.2) is 15.3 Å². The molecule has 1 unspecified atom stereocenters. The number of alkyl halides is 1. The van der Waals surface area contributed by atoms with E-state index in [1.807, 2.05) is 30.3 Å². The molecule has 21 heavy (non-hydrogen) atoms. The van der Waals surface area contributed by atoms with E-state index in [2.05, 4.69) is 10.2 Å². The first-order valence-electron chi connectivity index (χ1n) is 7.42. The summed E-state index contributed by atoms with van der Waals surface area (Å²) >= 11 is 5.74. The number of rotatable bonds is 4. The Morgan fingerprint density at radius 3 is 2.48 bits per heavy atom. The predicted octanol–water partition coefficient (Wildman–Crippen LogP) is 3.62. The fourth-order valence-corrected chi connectivity index (χ4v) is 3.32. The van der Waals surface area contributed by atoms with E-state index in [0.29, 0.717) is 5.89 Å². The van der Waals surface area contributed by atoms with Gasteiger partial charge in [-0.1, -0.05) is 49.6 Å². The molecule has 5 heteroatoms. The lowest BCUT2D eigenvalue weighted by Crippen LogP contribution is -2.38. The van der Waals surface area contributed by atoms with Crippen LogP contribution in [0.4, 0.5) is 0 Å². The molecule has 1 atom stereocenters. The lowest BCUT2D eigenvalue weighted by molar-refractivity contribution is -0.0238. The van der Waals surface area contributed by atoms with Gasteiger partial charge < -0.3 is 9.52 Å². The molecule has 1 aliphatic carbocycles. The number of hydrogen-bond acceptors (Lipinski definition) is 4. The van der Waals surface area contributed by atoms with Crippen LogP contribution in [0, 0.1) is 5.92 Å². The molecular weight excluding hydrogens is 288 g/mol. The van der Waals surface area contributed by atoms with Crippen LogP contribution in [0.2, 0.25) is 0 Å². The number of aliphatic hydroxyl groups is 1. The third-order valence-electron chi connectivity index (χ3n) is 4.32. The van der Waals surface area contributed by atoms with Crippen LogP contribution in [-0.2, 0) is 11.5 Å². The second kappa shape index (κ2) is 6.16. The van der Waals surface area contributed by atoms with Crippen LogP contribution in [0.15, 0.2) is 34.7 Å². The maximum Gasteiger partial charge on any atom is 0.252 e. The van der Waals surface area contributed by atoms with Gasteiger partial charge in [-0.25, -0.2) is 0 Å². The molecule has 1 N–H and O–H groups in total. The molecule has 0 saturated heterocycles. The summed E-state index contributed by atoms with van der Waals surface area (Å²) < 4.78 is 5.60. The van der Waals surface area contributed by atoms with E-state index < -0.39 is 5.60 Å². The molecule has 1 aromatic carbocycles. The highest BCUT2D eigenvalue weighted by molar-refractivity contribution is 6.16. The molecule has 0 spiro atoms. The normalized spacial score (nSPS) is 19.3. The lowest BCUT2D eigenvalue weighted by atomic mass is 9.73. The Bertz CT molecular complexity index is 581. The molecule has 1 heterocycles. The molecule has 2 aromatic rings. The second-order valence-electron chi connectivity index (χ2n) is 5.60. The highest BCUT2D eigenvalue weighted by Gasteiger charge is 2.45. The van der Waals surface area contributed by atoms with Crippen molar-refractivity contribution in [1.82, 2.24) is 10.2 Å². The monoisotopic (exact) mass is 306 g/mol. The first-order chi connectivity index (χ1) is 10.2. The van der Waals surface area contributed by atoms with E-state index in [9.17, 15) is 5.11 Å². The summed E-state index contributed by atoms with van der Waals surface area (Å²) in [5.74, 6) is 0.855. The minimum Gasteiger partial charge on any atom is -0.420 e. The van der Waals surface area contributed by atoms with Crippen LogP contribution in [0.25, 0.3) is 0 Å². The van der Waals surface area contributed by atoms with E-state index in [0.717, 1.165) is 31.2 Å². The first kappa shape index (κ1) is 14.5. The van der Waals surface area contributed by atoms with Gasteiger partial charge in [0.2, 0.25) is 5.89 Å². The summed E-state index contributed by atoms with van der Waals surface area (Å²) in [5, 5.41) is 19.4. The van der Waals surface area contributed by atoms with Crippen LogP contribution in [0.5, 0.6) is 0 Å². The molecule has 112 valence electrons. The van der Waals surface area contributed by atoms with Crippen molar-refractivity contribution in [1.29, 1.82) is 0 Å². The Hall–Kier alpha value is -1.39. The van der Waals surface area contributed by atoms with Gasteiger partial charge in [0, 0.05) is 5.92 Å². The summed E-state index contributed by atoms with van der Waals surface area (Å²) in [6.07, 6.45) is 5.39. The molecule has 0 bridgehead atoms. The summed E-state index contributed by atoms with van der Waals surface area (Å²) in [7, 11) is 0. The van der Waals surface area contributed by atoms with E-state index in [-0.39, 0.29) is 17.7 Å². The summed E-state index contributed by atoms with van der Waals surface area (Å²) in [4.78, 5) is 0. The van der Waals surface area contributed by atoms with Crippen LogP contribution >= 0.6 is 11.6 Å². The van der Waals surface area contributed by atoms with Gasteiger partial charge >= 0.3 is 0 Å². The quantitative estimate of drug-likeness (QED) is 0.876. The van der Waals surface area contributed by atoms with Crippen LogP contribution in [0.1, 0.15) is 49.4 Å². The van der Waals surface area contributed by atoms with Gasteiger partial charge in [0.05, 0.1) is 0 Å². The van der Waals surface area contributed by atoms with Gasteiger partial charge in [0.25, 0.3) is 5.89 Å². The van der Waals surface area contributed by atoms with Gasteiger partial charge in [-0.3, -0.25) is 0 Å². The van der Waals surface area contributed by atoms with Gasteiger partial charge in [-0.15, -0.1) is 21.8 Å². The third-order valence-corrected chi connectivity index (χ3v) is 4.55. The molecule has 3 rings (SSSR count). The third kappa shape index (κ3) is 2.70. The fraction of sp³-hybridized carbons (Fsp3) is 0.500. The van der Waals surface area contributed by atoms with Crippen LogP contribution in [0.3, 0.4) is 0 Å². The first-order valence-corrected chi connectivity index (χ1v) is 7.95. The molecule has 1 fully saturated rings. The number of benzene rings is 1. The Balaban J connectivity index is 2.05. The standard InChI is InChI=1S/C16H19ClN2O2/c17-11-14-18-19-15(21-14)16(20,12-7-3-1-4-8-12)13-9-5-2-6-10-13/h1,3-4,7-8,13,20H,2,5-6,9-11H2. The Labute approximate surface area is 129 Å². The lowest BCUT2D eigenvalue weighted by Gasteiger charge is -2.36. The second-order valence-corrected chi connectivity index (χ2v) is 5.87. The Morgan fingerprint density at radius 1 is 1.14 bits per heavy atom. The minimum atomic E-state index is -1.22. The maximum atomic E-state index is 11.4. The summed E-state index contributed by atoms with van der Waals surface area (Å²) in [6, 6.07) is 9.60. The zero-order valence-electron chi connectivity index (χ0n) is 11.8. The molecular formula is C16H19ClN2O2. The number of hydrogen-bond donors (Lipinski definition) is 1. The Morgan fingerprint density at radius 2 is 1.86 bits per heavy atom. The largest absolute Gasteiger partial charge is 0.420 e. The topological polar surface area (TPSA) is 59.2 Å². The van der Waals surface area contributed by atoms with E-state index in [4.69, 9.17) is 16.0 Å². The van der Waals surface area contributed by atoms with Crippen molar-refractivity contribution in [2.24, 2.45) is 5.92 Å². The zero-order valence-corrected chi connectivity index (χ0v) is 12.6.